The Kier molecular flexibility index (Phi) is 8.21. The summed E-state index contributed by atoms with van der Waals surface area (Å²) in [5, 5.41) is 17.5. The SMILES string of the molecule is Cc1ccc(NC(=O)C(=O)NCc2ccc(/C=C(/C#N)C(=O)NCc3ccc(Cl)cc3)o2)cc1. The predicted molar refractivity (Wildman–Crippen MR) is 127 cm³/mol. The van der Waals surface area contributed by atoms with Gasteiger partial charge in [-0.25, -0.2) is 0 Å². The number of benzene rings is 2. The summed E-state index contributed by atoms with van der Waals surface area (Å²) in [5.74, 6) is -1.59. The normalized spacial score (nSPS) is 10.8. The molecule has 3 N–H and O–H groups in total. The number of nitriles is 1. The van der Waals surface area contributed by atoms with Crippen LogP contribution in [0.25, 0.3) is 6.08 Å². The van der Waals surface area contributed by atoms with E-state index < -0.39 is 17.7 Å². The van der Waals surface area contributed by atoms with Crippen molar-refractivity contribution >= 4 is 41.1 Å². The summed E-state index contributed by atoms with van der Waals surface area (Å²) < 4.78 is 5.54. The maximum atomic E-state index is 12.3. The first-order valence-electron chi connectivity index (χ1n) is 10.2. The van der Waals surface area contributed by atoms with Crippen LogP contribution in [0.15, 0.2) is 70.7 Å². The Morgan fingerprint density at radius 3 is 2.26 bits per heavy atom. The zero-order chi connectivity index (χ0) is 24.5. The number of furan rings is 1. The third kappa shape index (κ3) is 7.08. The summed E-state index contributed by atoms with van der Waals surface area (Å²) in [4.78, 5) is 36.4. The van der Waals surface area contributed by atoms with Gasteiger partial charge >= 0.3 is 11.8 Å². The van der Waals surface area contributed by atoms with Crippen LogP contribution >= 0.6 is 11.6 Å². The molecule has 0 saturated carbocycles. The molecule has 172 valence electrons. The Labute approximate surface area is 201 Å². The van der Waals surface area contributed by atoms with E-state index in [1.807, 2.05) is 25.1 Å². The highest BCUT2D eigenvalue weighted by molar-refractivity contribution is 6.39. The third-order valence-corrected chi connectivity index (χ3v) is 4.89. The molecule has 0 unspecified atom stereocenters. The number of nitrogens with zero attached hydrogens (tertiary/aromatic N) is 1. The summed E-state index contributed by atoms with van der Waals surface area (Å²) in [7, 11) is 0. The van der Waals surface area contributed by atoms with Crippen LogP contribution < -0.4 is 16.0 Å². The fourth-order valence-electron chi connectivity index (χ4n) is 2.81. The molecule has 3 rings (SSSR count). The van der Waals surface area contributed by atoms with Crippen LogP contribution in [0.4, 0.5) is 5.69 Å². The van der Waals surface area contributed by atoms with E-state index in [0.717, 1.165) is 11.1 Å². The topological polar surface area (TPSA) is 124 Å². The average Bonchev–Trinajstić information content (AvgIpc) is 3.29. The van der Waals surface area contributed by atoms with Gasteiger partial charge in [-0.1, -0.05) is 41.4 Å². The van der Waals surface area contributed by atoms with Crippen LogP contribution in [0.1, 0.15) is 22.6 Å². The van der Waals surface area contributed by atoms with Gasteiger partial charge in [0, 0.05) is 23.3 Å². The van der Waals surface area contributed by atoms with Gasteiger partial charge in [0.1, 0.15) is 23.2 Å². The maximum Gasteiger partial charge on any atom is 0.313 e. The molecule has 0 radical (unpaired) electrons. The van der Waals surface area contributed by atoms with E-state index in [-0.39, 0.29) is 24.4 Å². The van der Waals surface area contributed by atoms with Gasteiger partial charge in [-0.3, -0.25) is 14.4 Å². The Morgan fingerprint density at radius 1 is 0.912 bits per heavy atom. The van der Waals surface area contributed by atoms with Crippen molar-refractivity contribution in [3.8, 4) is 6.07 Å². The third-order valence-electron chi connectivity index (χ3n) is 4.64. The maximum absolute atomic E-state index is 12.3. The lowest BCUT2D eigenvalue weighted by Crippen LogP contribution is -2.34. The van der Waals surface area contributed by atoms with Crippen molar-refractivity contribution in [3.63, 3.8) is 0 Å². The Hall–Kier alpha value is -4.35. The number of aryl methyl sites for hydroxylation is 1. The molecule has 3 amide bonds. The van der Waals surface area contributed by atoms with E-state index in [4.69, 9.17) is 16.0 Å². The van der Waals surface area contributed by atoms with Gasteiger partial charge in [0.2, 0.25) is 0 Å². The van der Waals surface area contributed by atoms with E-state index in [2.05, 4.69) is 16.0 Å². The van der Waals surface area contributed by atoms with E-state index >= 15 is 0 Å². The highest BCUT2D eigenvalue weighted by atomic mass is 35.5. The van der Waals surface area contributed by atoms with Crippen molar-refractivity contribution in [2.45, 2.75) is 20.0 Å². The highest BCUT2D eigenvalue weighted by Crippen LogP contribution is 2.13. The van der Waals surface area contributed by atoms with Crippen molar-refractivity contribution in [1.29, 1.82) is 5.26 Å². The molecule has 3 aromatic rings. The molecule has 1 aromatic heterocycles. The zero-order valence-electron chi connectivity index (χ0n) is 18.2. The van der Waals surface area contributed by atoms with Gasteiger partial charge in [-0.2, -0.15) is 5.26 Å². The second kappa shape index (κ2) is 11.5. The molecular weight excluding hydrogens is 456 g/mol. The number of carbonyl (C=O) groups is 3. The molecule has 0 atom stereocenters. The summed E-state index contributed by atoms with van der Waals surface area (Å²) in [6.07, 6.45) is 1.30. The van der Waals surface area contributed by atoms with Crippen molar-refractivity contribution in [3.05, 3.63) is 93.9 Å². The summed E-state index contributed by atoms with van der Waals surface area (Å²) in [6.45, 7) is 2.10. The highest BCUT2D eigenvalue weighted by Gasteiger charge is 2.15. The van der Waals surface area contributed by atoms with E-state index in [1.54, 1.807) is 48.5 Å². The second-order valence-corrected chi connectivity index (χ2v) is 7.72. The van der Waals surface area contributed by atoms with Crippen LogP contribution in [0.5, 0.6) is 0 Å². The van der Waals surface area contributed by atoms with Crippen molar-refractivity contribution in [2.24, 2.45) is 0 Å². The monoisotopic (exact) mass is 476 g/mol. The number of nitrogens with one attached hydrogen (secondary N) is 3. The molecule has 2 aromatic carbocycles. The van der Waals surface area contributed by atoms with Crippen LogP contribution in [-0.4, -0.2) is 17.7 Å². The molecule has 8 nitrogen and oxygen atoms in total. The first-order chi connectivity index (χ1) is 16.3. The largest absolute Gasteiger partial charge is 0.460 e. The quantitative estimate of drug-likeness (QED) is 0.272. The fraction of sp³-hybridized carbons (Fsp3) is 0.120. The van der Waals surface area contributed by atoms with E-state index in [9.17, 15) is 19.6 Å². The summed E-state index contributed by atoms with van der Waals surface area (Å²) in [5.41, 5.74) is 2.23. The van der Waals surface area contributed by atoms with Crippen molar-refractivity contribution < 1.29 is 18.8 Å². The summed E-state index contributed by atoms with van der Waals surface area (Å²) >= 11 is 5.84. The Balaban J connectivity index is 1.52. The minimum absolute atomic E-state index is 0.0430. The van der Waals surface area contributed by atoms with E-state index in [1.165, 1.54) is 6.08 Å². The fourth-order valence-corrected chi connectivity index (χ4v) is 2.94. The van der Waals surface area contributed by atoms with Crippen LogP contribution in [0, 0.1) is 18.3 Å². The molecule has 0 fully saturated rings. The molecule has 0 saturated heterocycles. The average molecular weight is 477 g/mol. The van der Waals surface area contributed by atoms with Gasteiger partial charge in [0.25, 0.3) is 5.91 Å². The van der Waals surface area contributed by atoms with Crippen molar-refractivity contribution in [1.82, 2.24) is 10.6 Å². The molecule has 0 spiro atoms. The van der Waals surface area contributed by atoms with Crippen molar-refractivity contribution in [2.75, 3.05) is 5.32 Å². The number of halogens is 1. The molecular formula is C25H21ClN4O4. The number of amides is 3. The van der Waals surface area contributed by atoms with Crippen LogP contribution in [0.3, 0.4) is 0 Å². The molecule has 9 heteroatoms. The van der Waals surface area contributed by atoms with Crippen LogP contribution in [0.2, 0.25) is 5.02 Å². The number of hydrogen-bond acceptors (Lipinski definition) is 5. The second-order valence-electron chi connectivity index (χ2n) is 7.29. The van der Waals surface area contributed by atoms with E-state index in [0.29, 0.717) is 16.5 Å². The molecule has 0 aliphatic rings. The molecule has 0 aliphatic carbocycles. The number of hydrogen-bond donors (Lipinski definition) is 3. The predicted octanol–water partition coefficient (Wildman–Crippen LogP) is 3.72. The molecule has 34 heavy (non-hydrogen) atoms. The standard InChI is InChI=1S/C25H21ClN4O4/c1-16-2-8-20(9-3-16)30-25(33)24(32)29-15-22-11-10-21(34-22)12-18(13-27)23(31)28-14-17-4-6-19(26)7-5-17/h2-12H,14-15H2,1H3,(H,28,31)(H,29,32)(H,30,33)/b18-12-. The molecule has 1 heterocycles. The lowest BCUT2D eigenvalue weighted by Gasteiger charge is -2.06. The first-order valence-corrected chi connectivity index (χ1v) is 10.6. The zero-order valence-corrected chi connectivity index (χ0v) is 19.0. The number of carbonyl (C=O) groups excluding carboxylic acids is 3. The minimum atomic E-state index is -0.826. The lowest BCUT2D eigenvalue weighted by atomic mass is 10.2. The number of anilines is 1. The smallest absolute Gasteiger partial charge is 0.313 e. The van der Waals surface area contributed by atoms with Gasteiger partial charge in [-0.05, 0) is 48.9 Å². The van der Waals surface area contributed by atoms with Gasteiger partial charge in [0.15, 0.2) is 0 Å². The Morgan fingerprint density at radius 2 is 1.59 bits per heavy atom. The van der Waals surface area contributed by atoms with Crippen LogP contribution in [-0.2, 0) is 27.5 Å². The molecule has 0 bridgehead atoms. The Bertz CT molecular complexity index is 1260. The summed E-state index contributed by atoms with van der Waals surface area (Å²) in [6, 6.07) is 19.0. The van der Waals surface area contributed by atoms with Gasteiger partial charge < -0.3 is 20.4 Å². The van der Waals surface area contributed by atoms with Gasteiger partial charge in [-0.15, -0.1) is 0 Å². The molecule has 0 aliphatic heterocycles. The number of rotatable bonds is 7. The first kappa shape index (κ1) is 24.3. The lowest BCUT2D eigenvalue weighted by molar-refractivity contribution is -0.136. The minimum Gasteiger partial charge on any atom is -0.460 e. The van der Waals surface area contributed by atoms with Gasteiger partial charge in [0.05, 0.1) is 6.54 Å².